The second kappa shape index (κ2) is 12.0. The van der Waals surface area contributed by atoms with Crippen LogP contribution in [0.15, 0.2) is 72.9 Å². The molecular weight excluding hydrogens is 586 g/mol. The SMILES string of the molecule is Cc1cc(C)cc(CN(C)C(=O)[C@H](Cc2c[nH]c3ccccc23)NC(=O)C2N(S(C)(=O)=O)c3ccccc3C23CCNCC3)c1. The fourth-order valence-corrected chi connectivity index (χ4v) is 8.69. The van der Waals surface area contributed by atoms with Crippen LogP contribution in [0.2, 0.25) is 0 Å². The minimum atomic E-state index is -3.83. The zero-order valence-electron chi connectivity index (χ0n) is 26.3. The number of benzene rings is 3. The molecule has 0 aliphatic carbocycles. The van der Waals surface area contributed by atoms with Crippen LogP contribution in [0.25, 0.3) is 10.9 Å². The molecule has 236 valence electrons. The fourth-order valence-electron chi connectivity index (χ4n) is 7.49. The highest BCUT2D eigenvalue weighted by atomic mass is 32.2. The second-order valence-electron chi connectivity index (χ2n) is 12.7. The number of para-hydroxylation sites is 2. The number of H-pyrrole nitrogens is 1. The normalized spacial score (nSPS) is 18.1. The average Bonchev–Trinajstić information content (AvgIpc) is 3.53. The minimum Gasteiger partial charge on any atom is -0.361 e. The van der Waals surface area contributed by atoms with Gasteiger partial charge in [-0.25, -0.2) is 8.42 Å². The Morgan fingerprint density at radius 3 is 2.40 bits per heavy atom. The largest absolute Gasteiger partial charge is 0.361 e. The van der Waals surface area contributed by atoms with E-state index in [9.17, 15) is 18.0 Å². The molecule has 1 saturated heterocycles. The van der Waals surface area contributed by atoms with Crippen molar-refractivity contribution in [1.82, 2.24) is 20.5 Å². The van der Waals surface area contributed by atoms with Gasteiger partial charge in [-0.1, -0.05) is 65.7 Å². The zero-order chi connectivity index (χ0) is 31.9. The number of aromatic nitrogens is 1. The summed E-state index contributed by atoms with van der Waals surface area (Å²) in [5.41, 5.74) is 5.76. The number of carbonyl (C=O) groups excluding carboxylic acids is 2. The van der Waals surface area contributed by atoms with E-state index in [0.717, 1.165) is 45.0 Å². The number of likely N-dealkylation sites (N-methyl/N-ethyl adjacent to an activating group) is 1. The lowest BCUT2D eigenvalue weighted by Crippen LogP contribution is -2.61. The Morgan fingerprint density at radius 1 is 1.02 bits per heavy atom. The molecule has 1 aromatic heterocycles. The number of aryl methyl sites for hydroxylation is 2. The van der Waals surface area contributed by atoms with E-state index in [1.54, 1.807) is 24.1 Å². The third-order valence-corrected chi connectivity index (χ3v) is 10.5. The quantitative estimate of drug-likeness (QED) is 0.274. The number of nitrogens with one attached hydrogen (secondary N) is 3. The topological polar surface area (TPSA) is 115 Å². The molecule has 2 aliphatic rings. The number of aromatic amines is 1. The molecule has 3 N–H and O–H groups in total. The molecule has 0 saturated carbocycles. The first kappa shape index (κ1) is 30.9. The summed E-state index contributed by atoms with van der Waals surface area (Å²) in [5, 5.41) is 7.43. The van der Waals surface area contributed by atoms with Crippen molar-refractivity contribution in [2.75, 3.05) is 30.7 Å². The third-order valence-electron chi connectivity index (χ3n) is 9.33. The molecule has 10 heteroatoms. The first-order chi connectivity index (χ1) is 21.5. The van der Waals surface area contributed by atoms with E-state index in [0.29, 0.717) is 38.2 Å². The van der Waals surface area contributed by atoms with Gasteiger partial charge in [-0.05, 0) is 68.6 Å². The Kier molecular flexibility index (Phi) is 8.22. The van der Waals surface area contributed by atoms with Crippen molar-refractivity contribution in [3.05, 3.63) is 101 Å². The van der Waals surface area contributed by atoms with Crippen molar-refractivity contribution in [2.45, 2.75) is 57.2 Å². The predicted octanol–water partition coefficient (Wildman–Crippen LogP) is 3.94. The molecule has 1 fully saturated rings. The maximum atomic E-state index is 14.6. The minimum absolute atomic E-state index is 0.242. The summed E-state index contributed by atoms with van der Waals surface area (Å²) >= 11 is 0. The Hall–Kier alpha value is -4.15. The molecule has 4 aromatic rings. The number of hydrogen-bond donors (Lipinski definition) is 3. The molecule has 1 unspecified atom stereocenters. The highest BCUT2D eigenvalue weighted by molar-refractivity contribution is 7.92. The third kappa shape index (κ3) is 5.84. The predicted molar refractivity (Wildman–Crippen MR) is 178 cm³/mol. The van der Waals surface area contributed by atoms with Crippen LogP contribution in [0, 0.1) is 13.8 Å². The first-order valence-electron chi connectivity index (χ1n) is 15.4. The lowest BCUT2D eigenvalue weighted by molar-refractivity contribution is -0.136. The van der Waals surface area contributed by atoms with E-state index in [2.05, 4.69) is 33.8 Å². The Balaban J connectivity index is 1.37. The van der Waals surface area contributed by atoms with Crippen LogP contribution < -0.4 is 14.9 Å². The first-order valence-corrected chi connectivity index (χ1v) is 17.3. The zero-order valence-corrected chi connectivity index (χ0v) is 27.1. The molecule has 3 aromatic carbocycles. The molecule has 1 spiro atoms. The molecule has 2 amide bonds. The maximum absolute atomic E-state index is 14.6. The number of sulfonamides is 1. The van der Waals surface area contributed by atoms with Crippen molar-refractivity contribution in [3.63, 3.8) is 0 Å². The number of nitrogens with zero attached hydrogens (tertiary/aromatic N) is 2. The van der Waals surface area contributed by atoms with Crippen LogP contribution in [0.3, 0.4) is 0 Å². The lowest BCUT2D eigenvalue weighted by atomic mass is 9.69. The van der Waals surface area contributed by atoms with Gasteiger partial charge in [-0.3, -0.25) is 13.9 Å². The number of piperidine rings is 1. The molecule has 2 aliphatic heterocycles. The summed E-state index contributed by atoms with van der Waals surface area (Å²) in [6, 6.07) is 19.6. The van der Waals surface area contributed by atoms with Gasteiger partial charge in [-0.2, -0.15) is 0 Å². The van der Waals surface area contributed by atoms with Crippen molar-refractivity contribution in [3.8, 4) is 0 Å². The highest BCUT2D eigenvalue weighted by Gasteiger charge is 2.57. The fraction of sp³-hybridized carbons (Fsp3) is 0.371. The van der Waals surface area contributed by atoms with Crippen LogP contribution in [-0.2, 0) is 38.0 Å². The van der Waals surface area contributed by atoms with Crippen molar-refractivity contribution < 1.29 is 18.0 Å². The summed E-state index contributed by atoms with van der Waals surface area (Å²) in [6.45, 7) is 5.75. The number of rotatable bonds is 8. The van der Waals surface area contributed by atoms with E-state index in [1.807, 2.05) is 56.4 Å². The van der Waals surface area contributed by atoms with Gasteiger partial charge in [0.1, 0.15) is 12.1 Å². The number of anilines is 1. The van der Waals surface area contributed by atoms with E-state index in [1.165, 1.54) is 4.31 Å². The Bertz CT molecular complexity index is 1840. The summed E-state index contributed by atoms with van der Waals surface area (Å²) in [6.07, 6.45) is 4.47. The second-order valence-corrected chi connectivity index (χ2v) is 14.6. The number of carbonyl (C=O) groups is 2. The molecule has 9 nitrogen and oxygen atoms in total. The standard InChI is InChI=1S/C35H41N5O4S/c1-23-17-24(2)19-25(18-23)22-39(3)34(42)30(20-26-21-37-29-11-7-5-9-27(26)29)38-33(41)32-35(13-15-36-16-14-35)28-10-6-8-12-31(28)40(32)45(4,43)44/h5-12,17-19,21,30,32,36-37H,13-16,20,22H2,1-4H3,(H,38,41)/t30-,32?/m0/s1. The molecule has 2 atom stereocenters. The molecular formula is C35H41N5O4S. The summed E-state index contributed by atoms with van der Waals surface area (Å²) in [4.78, 5) is 33.8. The van der Waals surface area contributed by atoms with Gasteiger partial charge in [0.05, 0.1) is 11.9 Å². The molecule has 3 heterocycles. The number of fused-ring (bicyclic) bond motifs is 3. The summed E-state index contributed by atoms with van der Waals surface area (Å²) < 4.78 is 28.0. The lowest BCUT2D eigenvalue weighted by Gasteiger charge is -2.41. The van der Waals surface area contributed by atoms with Gasteiger partial charge in [0, 0.05) is 42.5 Å². The van der Waals surface area contributed by atoms with Gasteiger partial charge in [0.25, 0.3) is 0 Å². The van der Waals surface area contributed by atoms with Gasteiger partial charge < -0.3 is 20.5 Å². The van der Waals surface area contributed by atoms with Crippen LogP contribution >= 0.6 is 0 Å². The van der Waals surface area contributed by atoms with E-state index in [4.69, 9.17) is 0 Å². The van der Waals surface area contributed by atoms with Gasteiger partial charge in [-0.15, -0.1) is 0 Å². The van der Waals surface area contributed by atoms with Gasteiger partial charge >= 0.3 is 0 Å². The van der Waals surface area contributed by atoms with Crippen LogP contribution in [-0.4, -0.2) is 68.6 Å². The molecule has 45 heavy (non-hydrogen) atoms. The molecule has 0 radical (unpaired) electrons. The Morgan fingerprint density at radius 2 is 1.69 bits per heavy atom. The van der Waals surface area contributed by atoms with Crippen molar-refractivity contribution >= 4 is 38.4 Å². The van der Waals surface area contributed by atoms with Crippen LogP contribution in [0.1, 0.15) is 40.7 Å². The van der Waals surface area contributed by atoms with Gasteiger partial charge in [0.15, 0.2) is 0 Å². The van der Waals surface area contributed by atoms with Crippen molar-refractivity contribution in [2.24, 2.45) is 0 Å². The molecule has 0 bridgehead atoms. The van der Waals surface area contributed by atoms with E-state index < -0.39 is 33.4 Å². The monoisotopic (exact) mass is 627 g/mol. The highest BCUT2D eigenvalue weighted by Crippen LogP contribution is 2.51. The van der Waals surface area contributed by atoms with Gasteiger partial charge in [0.2, 0.25) is 21.8 Å². The van der Waals surface area contributed by atoms with Crippen molar-refractivity contribution in [1.29, 1.82) is 0 Å². The summed E-state index contributed by atoms with van der Waals surface area (Å²) in [7, 11) is -2.09. The molecule has 6 rings (SSSR count). The maximum Gasteiger partial charge on any atom is 0.245 e. The summed E-state index contributed by atoms with van der Waals surface area (Å²) in [5.74, 6) is -0.704. The van der Waals surface area contributed by atoms with Crippen LogP contribution in [0.5, 0.6) is 0 Å². The van der Waals surface area contributed by atoms with E-state index in [-0.39, 0.29) is 12.3 Å². The van der Waals surface area contributed by atoms with Crippen LogP contribution in [0.4, 0.5) is 5.69 Å². The van der Waals surface area contributed by atoms with E-state index >= 15 is 0 Å². The number of amides is 2. The smallest absolute Gasteiger partial charge is 0.245 e. The Labute approximate surface area is 265 Å². The number of hydrogen-bond acceptors (Lipinski definition) is 5. The average molecular weight is 628 g/mol.